The molecule has 3 amide bonds. The number of amides is 3. The second-order valence-corrected chi connectivity index (χ2v) is 8.43. The minimum absolute atomic E-state index is 0.164. The summed E-state index contributed by atoms with van der Waals surface area (Å²) in [5, 5.41) is 5.94. The molecule has 0 bridgehead atoms. The molecular formula is C23H21N5O3. The van der Waals surface area contributed by atoms with Gasteiger partial charge in [0.2, 0.25) is 11.8 Å². The number of piperidine rings is 1. The Hall–Kier alpha value is -3.68. The van der Waals surface area contributed by atoms with Gasteiger partial charge in [0.05, 0.1) is 0 Å². The highest BCUT2D eigenvalue weighted by molar-refractivity contribution is 6.05. The summed E-state index contributed by atoms with van der Waals surface area (Å²) in [5.41, 5.74) is 4.13. The lowest BCUT2D eigenvalue weighted by atomic mass is 10.0. The van der Waals surface area contributed by atoms with E-state index in [0.717, 1.165) is 41.1 Å². The van der Waals surface area contributed by atoms with Crippen LogP contribution in [0.1, 0.15) is 41.6 Å². The normalized spacial score (nSPS) is 20.8. The van der Waals surface area contributed by atoms with E-state index >= 15 is 0 Å². The lowest BCUT2D eigenvalue weighted by Gasteiger charge is -2.29. The molecule has 0 radical (unpaired) electrons. The molecule has 2 aromatic heterocycles. The maximum atomic E-state index is 13.0. The molecule has 31 heavy (non-hydrogen) atoms. The Balaban J connectivity index is 1.36. The number of rotatable bonds is 4. The quantitative estimate of drug-likeness (QED) is 0.638. The molecule has 6 rings (SSSR count). The van der Waals surface area contributed by atoms with Crippen LogP contribution < -0.4 is 10.6 Å². The van der Waals surface area contributed by atoms with Crippen LogP contribution in [0.2, 0.25) is 0 Å². The third kappa shape index (κ3) is 2.98. The Kier molecular flexibility index (Phi) is 3.89. The van der Waals surface area contributed by atoms with E-state index in [2.05, 4.69) is 15.0 Å². The Bertz CT molecular complexity index is 1260. The fourth-order valence-electron chi connectivity index (χ4n) is 4.48. The fraction of sp³-hybridized carbons (Fsp3) is 0.304. The largest absolute Gasteiger partial charge is 0.367 e. The van der Waals surface area contributed by atoms with Crippen LogP contribution in [0.3, 0.4) is 0 Å². The summed E-state index contributed by atoms with van der Waals surface area (Å²) < 4.78 is 2.06. The third-order valence-corrected chi connectivity index (χ3v) is 6.25. The lowest BCUT2D eigenvalue weighted by Crippen LogP contribution is -2.52. The van der Waals surface area contributed by atoms with E-state index in [1.165, 1.54) is 0 Å². The van der Waals surface area contributed by atoms with Gasteiger partial charge in [-0.25, -0.2) is 4.98 Å². The summed E-state index contributed by atoms with van der Waals surface area (Å²) in [6, 6.07) is 11.5. The van der Waals surface area contributed by atoms with Gasteiger partial charge in [-0.1, -0.05) is 12.1 Å². The molecule has 4 heterocycles. The van der Waals surface area contributed by atoms with Gasteiger partial charge in [-0.05, 0) is 49.1 Å². The first kappa shape index (κ1) is 18.1. The SMILES string of the molecule is O=C1CCC(N2Cc3cc(-c4nc5ccccn5c4NC4CC4)ccc3C2=O)C(=O)N1. The van der Waals surface area contributed by atoms with E-state index in [4.69, 9.17) is 4.98 Å². The molecule has 1 atom stereocenters. The third-order valence-electron chi connectivity index (χ3n) is 6.25. The zero-order valence-corrected chi connectivity index (χ0v) is 16.8. The van der Waals surface area contributed by atoms with Gasteiger partial charge in [0, 0.05) is 36.3 Å². The van der Waals surface area contributed by atoms with Crippen LogP contribution in [0.25, 0.3) is 16.9 Å². The van der Waals surface area contributed by atoms with Crippen molar-refractivity contribution in [3.05, 3.63) is 53.7 Å². The predicted molar refractivity (Wildman–Crippen MR) is 113 cm³/mol. The number of hydrogen-bond donors (Lipinski definition) is 2. The smallest absolute Gasteiger partial charge is 0.255 e. The van der Waals surface area contributed by atoms with Crippen LogP contribution in [0.15, 0.2) is 42.6 Å². The first-order chi connectivity index (χ1) is 15.1. The molecule has 0 spiro atoms. The van der Waals surface area contributed by atoms with E-state index < -0.39 is 11.9 Å². The van der Waals surface area contributed by atoms with Crippen molar-refractivity contribution in [3.63, 3.8) is 0 Å². The zero-order valence-electron chi connectivity index (χ0n) is 16.8. The topological polar surface area (TPSA) is 95.8 Å². The molecule has 3 aliphatic rings. The number of imide groups is 1. The predicted octanol–water partition coefficient (Wildman–Crippen LogP) is 2.34. The van der Waals surface area contributed by atoms with Crippen LogP contribution in [-0.2, 0) is 16.1 Å². The van der Waals surface area contributed by atoms with Crippen molar-refractivity contribution >= 4 is 29.2 Å². The number of imidazole rings is 1. The number of carbonyl (C=O) groups excluding carboxylic acids is 3. The maximum Gasteiger partial charge on any atom is 0.255 e. The Morgan fingerprint density at radius 3 is 2.74 bits per heavy atom. The average molecular weight is 415 g/mol. The van der Waals surface area contributed by atoms with Gasteiger partial charge in [-0.15, -0.1) is 0 Å². The second kappa shape index (κ2) is 6.66. The van der Waals surface area contributed by atoms with Gasteiger partial charge in [0.15, 0.2) is 0 Å². The van der Waals surface area contributed by atoms with Crippen molar-refractivity contribution < 1.29 is 14.4 Å². The molecule has 8 nitrogen and oxygen atoms in total. The summed E-state index contributed by atoms with van der Waals surface area (Å²) in [7, 11) is 0. The van der Waals surface area contributed by atoms with Crippen LogP contribution in [0.4, 0.5) is 5.82 Å². The molecule has 1 aromatic carbocycles. The maximum absolute atomic E-state index is 13.0. The number of nitrogens with zero attached hydrogens (tertiary/aromatic N) is 3. The van der Waals surface area contributed by atoms with Crippen molar-refractivity contribution in [3.8, 4) is 11.3 Å². The van der Waals surface area contributed by atoms with Crippen molar-refractivity contribution in [2.24, 2.45) is 0 Å². The Morgan fingerprint density at radius 2 is 1.94 bits per heavy atom. The van der Waals surface area contributed by atoms with Gasteiger partial charge in [-0.3, -0.25) is 24.1 Å². The number of anilines is 1. The molecule has 1 saturated heterocycles. The van der Waals surface area contributed by atoms with Crippen LogP contribution in [-0.4, -0.2) is 44.1 Å². The number of aromatic nitrogens is 2. The number of hydrogen-bond acceptors (Lipinski definition) is 5. The van der Waals surface area contributed by atoms with E-state index in [1.54, 1.807) is 4.90 Å². The highest BCUT2D eigenvalue weighted by Crippen LogP contribution is 2.36. The summed E-state index contributed by atoms with van der Waals surface area (Å²) in [6.45, 7) is 0.354. The molecule has 8 heteroatoms. The Morgan fingerprint density at radius 1 is 1.06 bits per heavy atom. The molecule has 1 unspecified atom stereocenters. The minimum atomic E-state index is -0.608. The van der Waals surface area contributed by atoms with Gasteiger partial charge >= 0.3 is 0 Å². The number of pyridine rings is 1. The van der Waals surface area contributed by atoms with Crippen molar-refractivity contribution in [2.75, 3.05) is 5.32 Å². The monoisotopic (exact) mass is 415 g/mol. The summed E-state index contributed by atoms with van der Waals surface area (Å²) in [5.74, 6) is 0.121. The van der Waals surface area contributed by atoms with Crippen LogP contribution in [0, 0.1) is 0 Å². The van der Waals surface area contributed by atoms with E-state index in [1.807, 2.05) is 42.6 Å². The van der Waals surface area contributed by atoms with E-state index in [0.29, 0.717) is 24.6 Å². The molecule has 2 N–H and O–H groups in total. The molecule has 156 valence electrons. The van der Waals surface area contributed by atoms with Gasteiger partial charge in [0.25, 0.3) is 5.91 Å². The molecule has 3 aromatic rings. The highest BCUT2D eigenvalue weighted by atomic mass is 16.2. The number of fused-ring (bicyclic) bond motifs is 2. The summed E-state index contributed by atoms with van der Waals surface area (Å²) in [6.07, 6.45) is 4.91. The first-order valence-electron chi connectivity index (χ1n) is 10.6. The average Bonchev–Trinajstić information content (AvgIpc) is 3.43. The molecule has 2 aliphatic heterocycles. The second-order valence-electron chi connectivity index (χ2n) is 8.43. The standard InChI is InChI=1S/C23H21N5O3/c29-19-9-8-17(22(30)26-19)28-12-14-11-13(4-7-16(14)23(28)31)20-21(24-15-5-6-15)27-10-2-1-3-18(27)25-20/h1-4,7,10-11,15,17,24H,5-6,8-9,12H2,(H,26,29,30). The molecule has 2 fully saturated rings. The summed E-state index contributed by atoms with van der Waals surface area (Å²) >= 11 is 0. The van der Waals surface area contributed by atoms with Gasteiger partial charge in [0.1, 0.15) is 23.2 Å². The number of benzene rings is 1. The van der Waals surface area contributed by atoms with E-state index in [-0.39, 0.29) is 18.2 Å². The van der Waals surface area contributed by atoms with Gasteiger partial charge < -0.3 is 10.2 Å². The minimum Gasteiger partial charge on any atom is -0.367 e. The molecule has 1 aliphatic carbocycles. The fourth-order valence-corrected chi connectivity index (χ4v) is 4.48. The van der Waals surface area contributed by atoms with Crippen molar-refractivity contribution in [2.45, 2.75) is 44.3 Å². The first-order valence-corrected chi connectivity index (χ1v) is 10.6. The van der Waals surface area contributed by atoms with E-state index in [9.17, 15) is 14.4 Å². The Labute approximate surface area is 178 Å². The molecular weight excluding hydrogens is 394 g/mol. The highest BCUT2D eigenvalue weighted by Gasteiger charge is 2.39. The van der Waals surface area contributed by atoms with Crippen molar-refractivity contribution in [1.29, 1.82) is 0 Å². The van der Waals surface area contributed by atoms with Crippen LogP contribution in [0.5, 0.6) is 0 Å². The summed E-state index contributed by atoms with van der Waals surface area (Å²) in [4.78, 5) is 43.1. The lowest BCUT2D eigenvalue weighted by molar-refractivity contribution is -0.136. The number of nitrogens with one attached hydrogen (secondary N) is 2. The zero-order chi connectivity index (χ0) is 21.1. The molecule has 1 saturated carbocycles. The number of carbonyl (C=O) groups is 3. The van der Waals surface area contributed by atoms with Gasteiger partial charge in [-0.2, -0.15) is 0 Å². The van der Waals surface area contributed by atoms with Crippen molar-refractivity contribution in [1.82, 2.24) is 19.6 Å². The van der Waals surface area contributed by atoms with Crippen LogP contribution >= 0.6 is 0 Å².